The number of fused-ring (bicyclic) bond motifs is 1. The second-order valence-electron chi connectivity index (χ2n) is 2.99. The van der Waals surface area contributed by atoms with Gasteiger partial charge in [0.15, 0.2) is 17.0 Å². The third-order valence-corrected chi connectivity index (χ3v) is 2.13. The van der Waals surface area contributed by atoms with Gasteiger partial charge in [0, 0.05) is 24.1 Å². The zero-order chi connectivity index (χ0) is 9.26. The van der Waals surface area contributed by atoms with Crippen LogP contribution in [-0.2, 0) is 0 Å². The van der Waals surface area contributed by atoms with E-state index in [1.807, 2.05) is 31.2 Å². The maximum Gasteiger partial charge on any atom is 0.198 e. The van der Waals surface area contributed by atoms with Crippen molar-refractivity contribution in [1.29, 1.82) is 0 Å². The number of nitrogens with one attached hydrogen (secondary N) is 1. The minimum absolute atomic E-state index is 0.177. The highest BCUT2D eigenvalue weighted by Gasteiger charge is 2.17. The summed E-state index contributed by atoms with van der Waals surface area (Å²) in [6.45, 7) is 1.87. The van der Waals surface area contributed by atoms with Gasteiger partial charge >= 0.3 is 0 Å². The van der Waals surface area contributed by atoms with E-state index in [9.17, 15) is 4.79 Å². The topological polar surface area (TPSA) is 29.1 Å². The molecular weight excluding hydrogens is 162 g/mol. The average molecular weight is 172 g/mol. The van der Waals surface area contributed by atoms with Crippen molar-refractivity contribution in [2.24, 2.45) is 0 Å². The molecule has 0 spiro atoms. The Morgan fingerprint density at radius 2 is 2.38 bits per heavy atom. The van der Waals surface area contributed by atoms with Crippen molar-refractivity contribution in [3.63, 3.8) is 0 Å². The van der Waals surface area contributed by atoms with Crippen LogP contribution < -0.4 is 5.32 Å². The summed E-state index contributed by atoms with van der Waals surface area (Å²) in [4.78, 5) is 11.4. The van der Waals surface area contributed by atoms with Crippen LogP contribution >= 0.6 is 0 Å². The van der Waals surface area contributed by atoms with Gasteiger partial charge in [-0.15, -0.1) is 0 Å². The molecule has 0 aliphatic carbocycles. The third-order valence-electron chi connectivity index (χ3n) is 2.13. The fourth-order valence-electron chi connectivity index (χ4n) is 1.36. The molecule has 1 aromatic rings. The molecule has 1 heterocycles. The maximum absolute atomic E-state index is 11.4. The molecule has 0 saturated carbocycles. The lowest BCUT2D eigenvalue weighted by Crippen LogP contribution is -1.97. The van der Waals surface area contributed by atoms with E-state index < -0.39 is 0 Å². The summed E-state index contributed by atoms with van der Waals surface area (Å²) in [7, 11) is 0. The summed E-state index contributed by atoms with van der Waals surface area (Å²) in [5.74, 6) is 0.177. The molecule has 0 saturated heterocycles. The van der Waals surface area contributed by atoms with E-state index in [2.05, 4.69) is 11.5 Å². The highest BCUT2D eigenvalue weighted by atomic mass is 16.1. The summed E-state index contributed by atoms with van der Waals surface area (Å²) in [6, 6.07) is 5.67. The SMILES string of the molecule is CCC(=O)c1ccc2c(c1)N[C+]=C2. The van der Waals surface area contributed by atoms with Crippen LogP contribution in [0.4, 0.5) is 5.69 Å². The number of anilines is 1. The van der Waals surface area contributed by atoms with Crippen molar-refractivity contribution in [2.75, 3.05) is 5.32 Å². The number of Topliss-reactive ketones (excluding diaryl/α,β-unsaturated/α-hetero) is 1. The smallest absolute Gasteiger partial charge is 0.198 e. The van der Waals surface area contributed by atoms with Crippen molar-refractivity contribution >= 4 is 17.5 Å². The molecular formula is C11H10NO+. The van der Waals surface area contributed by atoms with Gasteiger partial charge in [-0.25, -0.2) is 0 Å². The van der Waals surface area contributed by atoms with E-state index in [-0.39, 0.29) is 5.78 Å². The highest BCUT2D eigenvalue weighted by Crippen LogP contribution is 2.23. The monoisotopic (exact) mass is 172 g/mol. The lowest BCUT2D eigenvalue weighted by molar-refractivity contribution is 0.0988. The number of hydrogen-bond donors (Lipinski definition) is 1. The molecule has 2 heteroatoms. The Balaban J connectivity index is 2.38. The number of benzene rings is 1. The summed E-state index contributed by atoms with van der Waals surface area (Å²) >= 11 is 0. The van der Waals surface area contributed by atoms with Crippen LogP contribution in [0.15, 0.2) is 18.2 Å². The average Bonchev–Trinajstić information content (AvgIpc) is 2.63. The fraction of sp³-hybridized carbons (Fsp3) is 0.182. The first-order valence-electron chi connectivity index (χ1n) is 4.33. The fourth-order valence-corrected chi connectivity index (χ4v) is 1.36. The molecule has 2 rings (SSSR count). The summed E-state index contributed by atoms with van der Waals surface area (Å²) in [6.07, 6.45) is 5.31. The molecule has 2 nitrogen and oxygen atoms in total. The van der Waals surface area contributed by atoms with Gasteiger partial charge in [-0.1, -0.05) is 6.92 Å². The number of ketones is 1. The maximum atomic E-state index is 11.4. The second kappa shape index (κ2) is 3.00. The van der Waals surface area contributed by atoms with Gasteiger partial charge in [0.25, 0.3) is 0 Å². The lowest BCUT2D eigenvalue weighted by Gasteiger charge is -1.95. The number of hydrogen-bond acceptors (Lipinski definition) is 2. The first-order chi connectivity index (χ1) is 6.31. The van der Waals surface area contributed by atoms with Crippen LogP contribution in [0.5, 0.6) is 0 Å². The van der Waals surface area contributed by atoms with Crippen LogP contribution in [0, 0.1) is 6.20 Å². The van der Waals surface area contributed by atoms with Crippen LogP contribution in [0.1, 0.15) is 29.3 Å². The second-order valence-corrected chi connectivity index (χ2v) is 2.99. The zero-order valence-corrected chi connectivity index (χ0v) is 7.42. The molecule has 64 valence electrons. The Hall–Kier alpha value is -1.66. The first-order valence-corrected chi connectivity index (χ1v) is 4.33. The Kier molecular flexibility index (Phi) is 1.84. The predicted molar refractivity (Wildman–Crippen MR) is 52.4 cm³/mol. The van der Waals surface area contributed by atoms with Gasteiger partial charge in [0.1, 0.15) is 12.3 Å². The molecule has 13 heavy (non-hydrogen) atoms. The molecule has 1 N–H and O–H groups in total. The van der Waals surface area contributed by atoms with Crippen molar-refractivity contribution in [3.05, 3.63) is 35.5 Å². The standard InChI is InChI=1S/C11H9NO/c1-2-11(13)9-4-3-8-5-6-12-10(8)7-9/h3-5,7H,2H2,1H3/p+1. The predicted octanol–water partition coefficient (Wildman–Crippen LogP) is 2.48. The van der Waals surface area contributed by atoms with Gasteiger partial charge in [-0.05, 0) is 6.07 Å². The highest BCUT2D eigenvalue weighted by molar-refractivity contribution is 5.97. The normalized spacial score (nSPS) is 11.8. The van der Waals surface area contributed by atoms with E-state index in [0.29, 0.717) is 6.42 Å². The van der Waals surface area contributed by atoms with Gasteiger partial charge in [0.05, 0.1) is 0 Å². The first kappa shape index (κ1) is 7.96. The van der Waals surface area contributed by atoms with E-state index in [1.165, 1.54) is 0 Å². The van der Waals surface area contributed by atoms with Crippen molar-refractivity contribution in [3.8, 4) is 0 Å². The van der Waals surface area contributed by atoms with Crippen molar-refractivity contribution in [1.82, 2.24) is 0 Å². The van der Waals surface area contributed by atoms with E-state index in [1.54, 1.807) is 0 Å². The molecule has 0 bridgehead atoms. The number of rotatable bonds is 2. The van der Waals surface area contributed by atoms with Crippen molar-refractivity contribution in [2.45, 2.75) is 13.3 Å². The Labute approximate surface area is 77.3 Å². The van der Waals surface area contributed by atoms with E-state index in [4.69, 9.17) is 0 Å². The van der Waals surface area contributed by atoms with Gasteiger partial charge in [-0.2, -0.15) is 5.32 Å². The minimum atomic E-state index is 0.177. The summed E-state index contributed by atoms with van der Waals surface area (Å²) in [5, 5.41) is 2.96. The van der Waals surface area contributed by atoms with E-state index in [0.717, 1.165) is 16.8 Å². The summed E-state index contributed by atoms with van der Waals surface area (Å²) in [5.41, 5.74) is 2.83. The van der Waals surface area contributed by atoms with Gasteiger partial charge in [0.2, 0.25) is 0 Å². The quantitative estimate of drug-likeness (QED) is 0.548. The van der Waals surface area contributed by atoms with Crippen LogP contribution in [-0.4, -0.2) is 5.78 Å². The number of carbonyl (C=O) groups excluding carboxylic acids is 1. The third kappa shape index (κ3) is 1.32. The molecule has 0 unspecified atom stereocenters. The van der Waals surface area contributed by atoms with Crippen molar-refractivity contribution < 1.29 is 4.79 Å². The molecule has 0 amide bonds. The molecule has 0 fully saturated rings. The van der Waals surface area contributed by atoms with Crippen LogP contribution in [0.2, 0.25) is 0 Å². The largest absolute Gasteiger partial charge is 0.294 e. The van der Waals surface area contributed by atoms with Crippen LogP contribution in [0.3, 0.4) is 0 Å². The Morgan fingerprint density at radius 1 is 1.54 bits per heavy atom. The zero-order valence-electron chi connectivity index (χ0n) is 7.42. The molecule has 1 aliphatic rings. The molecule has 0 atom stereocenters. The summed E-state index contributed by atoms with van der Waals surface area (Å²) < 4.78 is 0. The Morgan fingerprint density at radius 3 is 3.15 bits per heavy atom. The van der Waals surface area contributed by atoms with E-state index >= 15 is 0 Å². The molecule has 1 aliphatic heterocycles. The minimum Gasteiger partial charge on any atom is -0.294 e. The van der Waals surface area contributed by atoms with Gasteiger partial charge < -0.3 is 0 Å². The Bertz CT molecular complexity index is 380. The van der Waals surface area contributed by atoms with Crippen LogP contribution in [0.25, 0.3) is 6.08 Å². The molecule has 0 aromatic heterocycles. The molecule has 1 aromatic carbocycles. The molecule has 0 radical (unpaired) electrons. The van der Waals surface area contributed by atoms with Gasteiger partial charge in [-0.3, -0.25) is 4.79 Å². The number of carbonyl (C=O) groups is 1. The lowest BCUT2D eigenvalue weighted by atomic mass is 10.1.